The summed E-state index contributed by atoms with van der Waals surface area (Å²) in [6, 6.07) is 9.64. The van der Waals surface area contributed by atoms with Crippen LogP contribution in [0.2, 0.25) is 5.02 Å². The summed E-state index contributed by atoms with van der Waals surface area (Å²) in [5.74, 6) is 0.263. The van der Waals surface area contributed by atoms with Crippen molar-refractivity contribution in [2.75, 3.05) is 0 Å². The Labute approximate surface area is 163 Å². The van der Waals surface area contributed by atoms with Gasteiger partial charge in [-0.05, 0) is 35.4 Å². The van der Waals surface area contributed by atoms with Gasteiger partial charge in [-0.3, -0.25) is 0 Å². The summed E-state index contributed by atoms with van der Waals surface area (Å²) < 4.78 is 28.9. The molecule has 0 saturated heterocycles. The normalized spacial score (nSPS) is 11.7. The molecule has 0 amide bonds. The summed E-state index contributed by atoms with van der Waals surface area (Å²) >= 11 is 9.43. The van der Waals surface area contributed by atoms with Crippen molar-refractivity contribution in [3.8, 4) is 17.1 Å². The molecule has 7 nitrogen and oxygen atoms in total. The van der Waals surface area contributed by atoms with Crippen LogP contribution in [0.15, 0.2) is 45.4 Å². The van der Waals surface area contributed by atoms with Gasteiger partial charge in [-0.1, -0.05) is 44.8 Å². The minimum Gasteiger partial charge on any atom is -0.508 e. The minimum absolute atomic E-state index is 0.0618. The molecule has 0 unspecified atom stereocenters. The van der Waals surface area contributed by atoms with Gasteiger partial charge in [-0.15, -0.1) is 0 Å². The number of rotatable bonds is 5. The van der Waals surface area contributed by atoms with E-state index in [1.807, 2.05) is 0 Å². The highest BCUT2D eigenvalue weighted by atomic mass is 79.9. The summed E-state index contributed by atoms with van der Waals surface area (Å²) in [5, 5.41) is 18.9. The molecular formula is C16H13BrClN3O4S. The van der Waals surface area contributed by atoms with Crippen LogP contribution >= 0.6 is 27.5 Å². The maximum atomic E-state index is 11.4. The third-order valence-corrected chi connectivity index (χ3v) is 5.07. The number of hydrogen-bond acceptors (Lipinski definition) is 6. The molecule has 3 rings (SSSR count). The molecule has 1 heterocycles. The van der Waals surface area contributed by atoms with Gasteiger partial charge in [-0.25, -0.2) is 13.6 Å². The first kappa shape index (κ1) is 18.8. The van der Waals surface area contributed by atoms with Crippen molar-refractivity contribution in [2.45, 2.75) is 12.2 Å². The van der Waals surface area contributed by atoms with Crippen LogP contribution in [0.4, 0.5) is 0 Å². The number of nitrogens with zero attached hydrogens (tertiary/aromatic N) is 2. The van der Waals surface area contributed by atoms with Crippen LogP contribution in [0, 0.1) is 0 Å². The molecule has 0 aliphatic carbocycles. The van der Waals surface area contributed by atoms with E-state index in [0.29, 0.717) is 27.6 Å². The molecule has 3 aromatic rings. The molecule has 26 heavy (non-hydrogen) atoms. The van der Waals surface area contributed by atoms with E-state index in [2.05, 4.69) is 26.1 Å². The number of nitrogens with two attached hydrogens (primary N) is 1. The predicted octanol–water partition coefficient (Wildman–Crippen LogP) is 3.24. The van der Waals surface area contributed by atoms with Gasteiger partial charge in [0, 0.05) is 15.1 Å². The zero-order valence-corrected chi connectivity index (χ0v) is 16.3. The number of sulfonamides is 1. The zero-order valence-electron chi connectivity index (χ0n) is 13.2. The second-order valence-electron chi connectivity index (χ2n) is 5.57. The molecule has 136 valence electrons. The number of halogens is 2. The highest BCUT2D eigenvalue weighted by Crippen LogP contribution is 2.28. The highest BCUT2D eigenvalue weighted by Gasteiger charge is 2.17. The second-order valence-corrected chi connectivity index (χ2v) is 8.51. The smallest absolute Gasteiger partial charge is 0.231 e. The van der Waals surface area contributed by atoms with Gasteiger partial charge >= 0.3 is 0 Å². The Kier molecular flexibility index (Phi) is 5.33. The molecule has 3 N–H and O–H groups in total. The SMILES string of the molecule is NS(=O)(=O)Cc1ccc(Br)cc1-c1noc(Cc2ccc(O)cc2Cl)n1. The Morgan fingerprint density at radius 3 is 2.62 bits per heavy atom. The number of phenolic OH excluding ortho intramolecular Hbond substituents is 1. The van der Waals surface area contributed by atoms with Crippen LogP contribution in [0.25, 0.3) is 11.4 Å². The van der Waals surface area contributed by atoms with Gasteiger partial charge < -0.3 is 9.63 Å². The quantitative estimate of drug-likeness (QED) is 0.606. The first-order valence-electron chi connectivity index (χ1n) is 7.30. The van der Waals surface area contributed by atoms with Crippen LogP contribution in [0.3, 0.4) is 0 Å². The van der Waals surface area contributed by atoms with Crippen molar-refractivity contribution in [1.29, 1.82) is 0 Å². The van der Waals surface area contributed by atoms with E-state index in [-0.39, 0.29) is 23.7 Å². The zero-order chi connectivity index (χ0) is 18.9. The van der Waals surface area contributed by atoms with E-state index in [1.54, 1.807) is 24.3 Å². The van der Waals surface area contributed by atoms with Gasteiger partial charge in [0.15, 0.2) is 0 Å². The number of aromatic nitrogens is 2. The van der Waals surface area contributed by atoms with Gasteiger partial charge in [0.2, 0.25) is 21.7 Å². The van der Waals surface area contributed by atoms with Crippen molar-refractivity contribution in [1.82, 2.24) is 10.1 Å². The maximum Gasteiger partial charge on any atom is 0.231 e. The first-order valence-corrected chi connectivity index (χ1v) is 10.2. The van der Waals surface area contributed by atoms with Gasteiger partial charge in [0.05, 0.1) is 12.2 Å². The molecule has 1 aromatic heterocycles. The third-order valence-electron chi connectivity index (χ3n) is 3.52. The highest BCUT2D eigenvalue weighted by molar-refractivity contribution is 9.10. The number of primary sulfonamides is 1. The molecule has 0 saturated carbocycles. The van der Waals surface area contributed by atoms with E-state index in [4.69, 9.17) is 21.3 Å². The van der Waals surface area contributed by atoms with E-state index >= 15 is 0 Å². The monoisotopic (exact) mass is 457 g/mol. The Morgan fingerprint density at radius 2 is 1.92 bits per heavy atom. The Balaban J connectivity index is 1.93. The Morgan fingerprint density at radius 1 is 1.19 bits per heavy atom. The van der Waals surface area contributed by atoms with Crippen LogP contribution in [0.5, 0.6) is 5.75 Å². The second kappa shape index (κ2) is 7.36. The first-order chi connectivity index (χ1) is 12.2. The maximum absolute atomic E-state index is 11.4. The van der Waals surface area contributed by atoms with Crippen molar-refractivity contribution >= 4 is 37.6 Å². The molecule has 0 radical (unpaired) electrons. The minimum atomic E-state index is -3.71. The molecule has 2 aromatic carbocycles. The standard InChI is InChI=1S/C16H13BrClN3O4S/c17-11-3-1-10(8-26(19,23)24)13(6-11)16-20-15(25-21-16)5-9-2-4-12(22)7-14(9)18/h1-4,6-7,22H,5,8H2,(H2,19,23,24). The summed E-state index contributed by atoms with van der Waals surface area (Å²) in [6.07, 6.45) is 0.268. The Hall–Kier alpha value is -1.94. The van der Waals surface area contributed by atoms with E-state index in [1.165, 1.54) is 12.1 Å². The average molecular weight is 459 g/mol. The fourth-order valence-corrected chi connectivity index (χ4v) is 3.67. The predicted molar refractivity (Wildman–Crippen MR) is 100 cm³/mol. The lowest BCUT2D eigenvalue weighted by Gasteiger charge is -2.05. The molecule has 0 atom stereocenters. The number of benzene rings is 2. The van der Waals surface area contributed by atoms with Crippen LogP contribution in [-0.2, 0) is 22.2 Å². The lowest BCUT2D eigenvalue weighted by molar-refractivity contribution is 0.385. The summed E-state index contributed by atoms with van der Waals surface area (Å²) in [7, 11) is -3.71. The average Bonchev–Trinajstić information content (AvgIpc) is 2.99. The topological polar surface area (TPSA) is 119 Å². The summed E-state index contributed by atoms with van der Waals surface area (Å²) in [5.41, 5.74) is 1.67. The van der Waals surface area contributed by atoms with Crippen molar-refractivity contribution in [3.63, 3.8) is 0 Å². The molecule has 0 aliphatic heterocycles. The van der Waals surface area contributed by atoms with E-state index < -0.39 is 10.0 Å². The number of hydrogen-bond donors (Lipinski definition) is 2. The number of aromatic hydroxyl groups is 1. The lowest BCUT2D eigenvalue weighted by Crippen LogP contribution is -2.15. The third kappa shape index (κ3) is 4.61. The van der Waals surface area contributed by atoms with Crippen molar-refractivity contribution in [2.24, 2.45) is 5.14 Å². The largest absolute Gasteiger partial charge is 0.508 e. The molecular weight excluding hydrogens is 446 g/mol. The fourth-order valence-electron chi connectivity index (χ4n) is 2.38. The van der Waals surface area contributed by atoms with E-state index in [9.17, 15) is 13.5 Å². The van der Waals surface area contributed by atoms with Crippen LogP contribution in [-0.4, -0.2) is 23.7 Å². The molecule has 0 bridgehead atoms. The van der Waals surface area contributed by atoms with Gasteiger partial charge in [-0.2, -0.15) is 4.98 Å². The van der Waals surface area contributed by atoms with Crippen molar-refractivity contribution in [3.05, 3.63) is 62.9 Å². The molecule has 0 spiro atoms. The lowest BCUT2D eigenvalue weighted by atomic mass is 10.1. The molecule has 10 heteroatoms. The van der Waals surface area contributed by atoms with Crippen LogP contribution in [0.1, 0.15) is 17.0 Å². The Bertz CT molecular complexity index is 1070. The van der Waals surface area contributed by atoms with E-state index in [0.717, 1.165) is 4.47 Å². The van der Waals surface area contributed by atoms with Crippen LogP contribution < -0.4 is 5.14 Å². The number of phenols is 1. The fraction of sp³-hybridized carbons (Fsp3) is 0.125. The van der Waals surface area contributed by atoms with Gasteiger partial charge in [0.1, 0.15) is 5.75 Å². The van der Waals surface area contributed by atoms with Crippen molar-refractivity contribution < 1.29 is 18.0 Å². The summed E-state index contributed by atoms with van der Waals surface area (Å²) in [4.78, 5) is 4.32. The molecule has 0 fully saturated rings. The summed E-state index contributed by atoms with van der Waals surface area (Å²) in [6.45, 7) is 0. The molecule has 0 aliphatic rings. The van der Waals surface area contributed by atoms with Gasteiger partial charge in [0.25, 0.3) is 0 Å².